The molecule has 2 atom stereocenters. The van der Waals surface area contributed by atoms with E-state index in [4.69, 9.17) is 4.98 Å². The van der Waals surface area contributed by atoms with Crippen LogP contribution in [0.2, 0.25) is 0 Å². The van der Waals surface area contributed by atoms with Gasteiger partial charge in [-0.1, -0.05) is 82.7 Å². The summed E-state index contributed by atoms with van der Waals surface area (Å²) >= 11 is 0. The van der Waals surface area contributed by atoms with E-state index in [2.05, 4.69) is 171 Å². The molecular formula is C43H46N5Pt-. The molecule has 9 rings (SSSR count). The van der Waals surface area contributed by atoms with Crippen LogP contribution >= 0.6 is 0 Å². The van der Waals surface area contributed by atoms with Gasteiger partial charge in [0.15, 0.2) is 18.0 Å². The van der Waals surface area contributed by atoms with Crippen molar-refractivity contribution >= 4 is 50.2 Å². The van der Waals surface area contributed by atoms with Crippen molar-refractivity contribution in [3.05, 3.63) is 120 Å². The molecule has 6 aromatic rings. The molecule has 254 valence electrons. The smallest absolute Gasteiger partial charge is 0.179 e. The van der Waals surface area contributed by atoms with Crippen molar-refractivity contribution in [1.29, 1.82) is 0 Å². The monoisotopic (exact) mass is 827 g/mol. The summed E-state index contributed by atoms with van der Waals surface area (Å²) in [5.74, 6) is 0.914. The minimum Gasteiger partial charge on any atom is -0.391 e. The van der Waals surface area contributed by atoms with Gasteiger partial charge in [-0.05, 0) is 65.0 Å². The average molecular weight is 828 g/mol. The van der Waals surface area contributed by atoms with E-state index in [0.29, 0.717) is 0 Å². The van der Waals surface area contributed by atoms with Crippen molar-refractivity contribution < 1.29 is 21.1 Å². The Morgan fingerprint density at radius 2 is 1.45 bits per heavy atom. The van der Waals surface area contributed by atoms with Crippen molar-refractivity contribution in [2.75, 3.05) is 25.7 Å². The Balaban J connectivity index is 0.00000378. The van der Waals surface area contributed by atoms with E-state index in [1.165, 1.54) is 50.1 Å². The summed E-state index contributed by atoms with van der Waals surface area (Å²) in [7, 11) is 4.48. The molecule has 49 heavy (non-hydrogen) atoms. The molecule has 0 amide bonds. The number of anilines is 2. The first-order valence-corrected chi connectivity index (χ1v) is 17.1. The number of rotatable bonds is 4. The SMILES string of the molecule is Cc1cc2c(cc1C)[N@@+]1(C)[CH-][N@+]2(c2[c-]c(N(C)c3[c-]c4c(cc3)c3ccccc3n4-c3cc(C(C)(C)C)ccn3)cc(C(C)(C)C)c2)C1.[Pt]. The Bertz CT molecular complexity index is 2280. The molecule has 2 bridgehead atoms. The van der Waals surface area contributed by atoms with Crippen LogP contribution in [0.25, 0.3) is 27.6 Å². The van der Waals surface area contributed by atoms with Gasteiger partial charge in [0.05, 0.1) is 13.7 Å². The Kier molecular flexibility index (Phi) is 7.65. The summed E-state index contributed by atoms with van der Waals surface area (Å²) in [6, 6.07) is 34.7. The van der Waals surface area contributed by atoms with E-state index in [0.717, 1.165) is 43.9 Å². The van der Waals surface area contributed by atoms with Crippen LogP contribution in [-0.2, 0) is 31.9 Å². The second kappa shape index (κ2) is 11.1. The largest absolute Gasteiger partial charge is 0.391 e. The average Bonchev–Trinajstić information content (AvgIpc) is 3.57. The standard InChI is InChI=1S/C43H46N5.Pt/c1-28-19-39-40(20-29(28)2)48(26-47(39,10)27-48)34-22-31(43(6,7)8)21-33(24-34)45(9)32-15-16-36-35-13-11-12-14-37(35)46(38(36)25-32)41-23-30(17-18-44-41)42(3,4)5;/h11-23,26H,27H2,1-10H3;/q-1;/t47-,48+;/m0./s1. The second-order valence-corrected chi connectivity index (χ2v) is 16.4. The fourth-order valence-corrected chi connectivity index (χ4v) is 7.76. The molecule has 5 nitrogen and oxygen atoms in total. The first-order valence-electron chi connectivity index (χ1n) is 17.1. The summed E-state index contributed by atoms with van der Waals surface area (Å²) in [6.07, 6.45) is 1.93. The first kappa shape index (κ1) is 33.7. The molecule has 3 aliphatic rings. The Morgan fingerprint density at radius 3 is 2.14 bits per heavy atom. The van der Waals surface area contributed by atoms with Gasteiger partial charge in [0, 0.05) is 57.6 Å². The fourth-order valence-electron chi connectivity index (χ4n) is 7.76. The molecule has 0 unspecified atom stereocenters. The number of fused-ring (bicyclic) bond motifs is 3. The number of nitrogens with zero attached hydrogens (tertiary/aromatic N) is 5. The molecule has 2 aromatic heterocycles. The molecule has 0 radical (unpaired) electrons. The Labute approximate surface area is 306 Å². The van der Waals surface area contributed by atoms with Gasteiger partial charge in [0.1, 0.15) is 5.82 Å². The third-order valence-electron chi connectivity index (χ3n) is 10.8. The number of para-hydroxylation sites is 1. The number of aryl methyl sites for hydroxylation is 2. The number of hydrogen-bond donors (Lipinski definition) is 0. The normalized spacial score (nSPS) is 19.9. The number of quaternary nitrogens is 2. The second-order valence-electron chi connectivity index (χ2n) is 16.4. The number of hydrogen-bond acceptors (Lipinski definition) is 2. The molecule has 6 heteroatoms. The van der Waals surface area contributed by atoms with Crippen LogP contribution in [0, 0.1) is 32.6 Å². The van der Waals surface area contributed by atoms with Gasteiger partial charge >= 0.3 is 0 Å². The minimum atomic E-state index is -0.0314. The van der Waals surface area contributed by atoms with Crippen LogP contribution in [0.3, 0.4) is 0 Å². The molecule has 1 fully saturated rings. The number of aromatic nitrogens is 2. The van der Waals surface area contributed by atoms with E-state index in [9.17, 15) is 0 Å². The topological polar surface area (TPSA) is 21.1 Å². The van der Waals surface area contributed by atoms with E-state index >= 15 is 0 Å². The molecule has 0 spiro atoms. The van der Waals surface area contributed by atoms with Gasteiger partial charge in [0.2, 0.25) is 0 Å². The zero-order valence-electron chi connectivity index (χ0n) is 30.3. The summed E-state index contributed by atoms with van der Waals surface area (Å²) in [5, 5.41) is 2.37. The third-order valence-corrected chi connectivity index (χ3v) is 10.8. The maximum atomic E-state index is 4.89. The van der Waals surface area contributed by atoms with Crippen LogP contribution in [0.5, 0.6) is 0 Å². The Morgan fingerprint density at radius 1 is 0.776 bits per heavy atom. The fraction of sp³-hybridized carbons (Fsp3) is 0.302. The van der Waals surface area contributed by atoms with Gasteiger partial charge < -0.3 is 18.4 Å². The zero-order valence-corrected chi connectivity index (χ0v) is 32.6. The van der Waals surface area contributed by atoms with Crippen LogP contribution < -0.4 is 13.9 Å². The van der Waals surface area contributed by atoms with Crippen molar-refractivity contribution in [2.45, 2.75) is 66.2 Å². The zero-order chi connectivity index (χ0) is 34.0. The minimum absolute atomic E-state index is 0. The molecule has 0 saturated carbocycles. The number of benzene rings is 4. The van der Waals surface area contributed by atoms with Crippen molar-refractivity contribution in [2.24, 2.45) is 0 Å². The van der Waals surface area contributed by atoms with Gasteiger partial charge in [0.25, 0.3) is 0 Å². The van der Waals surface area contributed by atoms with Crippen molar-refractivity contribution in [1.82, 2.24) is 18.5 Å². The van der Waals surface area contributed by atoms with Gasteiger partial charge in [-0.15, -0.1) is 35.2 Å². The summed E-state index contributed by atoms with van der Waals surface area (Å²) < 4.78 is 3.86. The van der Waals surface area contributed by atoms with E-state index in [1.54, 1.807) is 0 Å². The predicted molar refractivity (Wildman–Crippen MR) is 202 cm³/mol. The van der Waals surface area contributed by atoms with Crippen LogP contribution in [-0.4, -0.2) is 30.3 Å². The van der Waals surface area contributed by atoms with E-state index in [1.807, 2.05) is 6.20 Å². The van der Waals surface area contributed by atoms with Gasteiger partial charge in [-0.2, -0.15) is 6.07 Å². The molecule has 1 saturated heterocycles. The molecule has 5 heterocycles. The maximum absolute atomic E-state index is 4.89. The number of pyridine rings is 1. The predicted octanol–water partition coefficient (Wildman–Crippen LogP) is 10.4. The Hall–Kier alpha value is -3.76. The van der Waals surface area contributed by atoms with Crippen LogP contribution in [0.4, 0.5) is 28.4 Å². The summed E-state index contributed by atoms with van der Waals surface area (Å²) in [5.41, 5.74) is 13.4. The maximum Gasteiger partial charge on any atom is 0.179 e. The van der Waals surface area contributed by atoms with E-state index < -0.39 is 0 Å². The van der Waals surface area contributed by atoms with Crippen LogP contribution in [0.1, 0.15) is 63.8 Å². The molecule has 4 aromatic carbocycles. The van der Waals surface area contributed by atoms with Gasteiger partial charge in [-0.25, -0.2) is 4.98 Å². The molecule has 3 aliphatic heterocycles. The van der Waals surface area contributed by atoms with Crippen molar-refractivity contribution in [3.63, 3.8) is 0 Å². The summed E-state index contributed by atoms with van der Waals surface area (Å²) in [6.45, 7) is 21.6. The molecule has 0 N–H and O–H groups in total. The van der Waals surface area contributed by atoms with Gasteiger partial charge in [-0.3, -0.25) is 0 Å². The molecule has 0 aliphatic carbocycles. The van der Waals surface area contributed by atoms with Crippen molar-refractivity contribution in [3.8, 4) is 5.82 Å². The quantitative estimate of drug-likeness (QED) is 0.130. The first-order chi connectivity index (χ1) is 22.6. The third kappa shape index (κ3) is 5.11. The summed E-state index contributed by atoms with van der Waals surface area (Å²) in [4.78, 5) is 7.14. The van der Waals surface area contributed by atoms with E-state index in [-0.39, 0.29) is 31.9 Å². The van der Waals surface area contributed by atoms with Crippen LogP contribution in [0.15, 0.2) is 79.0 Å². The molecular weight excluding hydrogens is 782 g/mol.